The summed E-state index contributed by atoms with van der Waals surface area (Å²) in [7, 11) is 1.71. The maximum absolute atomic E-state index is 12.7. The molecular weight excluding hydrogens is 318 g/mol. The van der Waals surface area contributed by atoms with Crippen molar-refractivity contribution in [2.75, 3.05) is 11.9 Å². The SMILES string of the molecule is CCOc1ccccc1NC(=O)c1nn(C)c2ccc(C)cc2c1=O. The van der Waals surface area contributed by atoms with E-state index in [2.05, 4.69) is 10.4 Å². The molecule has 1 aromatic heterocycles. The van der Waals surface area contributed by atoms with Crippen LogP contribution in [0.25, 0.3) is 10.9 Å². The first-order chi connectivity index (χ1) is 12.0. The number of nitrogens with one attached hydrogen (secondary N) is 1. The molecule has 0 spiro atoms. The number of ether oxygens (including phenoxy) is 1. The molecule has 0 saturated carbocycles. The predicted octanol–water partition coefficient (Wildman–Crippen LogP) is 2.89. The van der Waals surface area contributed by atoms with Crippen molar-refractivity contribution >= 4 is 22.5 Å². The van der Waals surface area contributed by atoms with E-state index in [4.69, 9.17) is 4.74 Å². The molecule has 1 amide bonds. The largest absolute Gasteiger partial charge is 0.492 e. The van der Waals surface area contributed by atoms with Crippen molar-refractivity contribution in [1.29, 1.82) is 0 Å². The summed E-state index contributed by atoms with van der Waals surface area (Å²) in [5.74, 6) is -0.0111. The number of aromatic nitrogens is 2. The van der Waals surface area contributed by atoms with Crippen molar-refractivity contribution in [2.24, 2.45) is 7.05 Å². The molecule has 0 aliphatic rings. The van der Waals surface area contributed by atoms with Gasteiger partial charge in [0.05, 0.1) is 23.2 Å². The van der Waals surface area contributed by atoms with Crippen LogP contribution in [0.15, 0.2) is 47.3 Å². The molecular formula is C19H19N3O3. The summed E-state index contributed by atoms with van der Waals surface area (Å²) in [6, 6.07) is 12.6. The summed E-state index contributed by atoms with van der Waals surface area (Å²) in [6.07, 6.45) is 0. The van der Waals surface area contributed by atoms with Gasteiger partial charge in [-0.15, -0.1) is 0 Å². The second kappa shape index (κ2) is 6.76. The second-order valence-corrected chi connectivity index (χ2v) is 5.71. The minimum Gasteiger partial charge on any atom is -0.492 e. The molecule has 0 aliphatic carbocycles. The highest BCUT2D eigenvalue weighted by Gasteiger charge is 2.18. The second-order valence-electron chi connectivity index (χ2n) is 5.71. The predicted molar refractivity (Wildman–Crippen MR) is 97.3 cm³/mol. The minimum atomic E-state index is -0.559. The number of carbonyl (C=O) groups is 1. The van der Waals surface area contributed by atoms with Crippen LogP contribution in [0.3, 0.4) is 0 Å². The van der Waals surface area contributed by atoms with E-state index in [-0.39, 0.29) is 11.1 Å². The van der Waals surface area contributed by atoms with Gasteiger partial charge in [0.2, 0.25) is 5.43 Å². The van der Waals surface area contributed by atoms with Gasteiger partial charge < -0.3 is 10.1 Å². The fraction of sp³-hybridized carbons (Fsp3) is 0.211. The Morgan fingerprint density at radius 3 is 2.76 bits per heavy atom. The third kappa shape index (κ3) is 3.24. The van der Waals surface area contributed by atoms with Gasteiger partial charge in [0.15, 0.2) is 5.69 Å². The van der Waals surface area contributed by atoms with E-state index in [1.165, 1.54) is 0 Å². The number of carbonyl (C=O) groups excluding carboxylic acids is 1. The fourth-order valence-electron chi connectivity index (χ4n) is 2.67. The molecule has 6 heteroatoms. The Labute approximate surface area is 145 Å². The Bertz CT molecular complexity index is 1010. The number of aryl methyl sites for hydroxylation is 2. The van der Waals surface area contributed by atoms with E-state index in [9.17, 15) is 9.59 Å². The third-order valence-electron chi connectivity index (χ3n) is 3.86. The van der Waals surface area contributed by atoms with Gasteiger partial charge in [-0.25, -0.2) is 0 Å². The molecule has 0 unspecified atom stereocenters. The van der Waals surface area contributed by atoms with Gasteiger partial charge in [0, 0.05) is 7.05 Å². The summed E-state index contributed by atoms with van der Waals surface area (Å²) in [5, 5.41) is 7.35. The number of benzene rings is 2. The Morgan fingerprint density at radius 2 is 2.00 bits per heavy atom. The lowest BCUT2D eigenvalue weighted by Gasteiger charge is -2.12. The molecule has 0 bridgehead atoms. The maximum Gasteiger partial charge on any atom is 0.280 e. The number of anilines is 1. The van der Waals surface area contributed by atoms with Gasteiger partial charge in [-0.2, -0.15) is 5.10 Å². The zero-order valence-electron chi connectivity index (χ0n) is 14.4. The lowest BCUT2D eigenvalue weighted by atomic mass is 10.1. The van der Waals surface area contributed by atoms with Gasteiger partial charge in [-0.1, -0.05) is 23.8 Å². The summed E-state index contributed by atoms with van der Waals surface area (Å²) in [5.41, 5.74) is 1.60. The van der Waals surface area contributed by atoms with Crippen LogP contribution in [-0.4, -0.2) is 22.3 Å². The summed E-state index contributed by atoms with van der Waals surface area (Å²) in [4.78, 5) is 25.3. The van der Waals surface area contributed by atoms with Crippen molar-refractivity contribution in [3.05, 3.63) is 63.9 Å². The van der Waals surface area contributed by atoms with Gasteiger partial charge in [0.1, 0.15) is 5.75 Å². The summed E-state index contributed by atoms with van der Waals surface area (Å²) < 4.78 is 7.04. The number of hydrogen-bond donors (Lipinski definition) is 1. The smallest absolute Gasteiger partial charge is 0.280 e. The topological polar surface area (TPSA) is 73.2 Å². The van der Waals surface area contributed by atoms with Crippen molar-refractivity contribution in [2.45, 2.75) is 13.8 Å². The monoisotopic (exact) mass is 337 g/mol. The molecule has 0 aliphatic heterocycles. The number of nitrogens with zero attached hydrogens (tertiary/aromatic N) is 2. The normalized spacial score (nSPS) is 10.7. The zero-order chi connectivity index (χ0) is 18.0. The van der Waals surface area contributed by atoms with E-state index in [1.807, 2.05) is 32.0 Å². The van der Waals surface area contributed by atoms with Gasteiger partial charge in [-0.05, 0) is 38.1 Å². The Hall–Kier alpha value is -3.15. The zero-order valence-corrected chi connectivity index (χ0v) is 14.4. The molecule has 6 nitrogen and oxygen atoms in total. The number of hydrogen-bond acceptors (Lipinski definition) is 4. The highest BCUT2D eigenvalue weighted by atomic mass is 16.5. The van der Waals surface area contributed by atoms with Crippen LogP contribution in [0.1, 0.15) is 23.0 Å². The Kier molecular flexibility index (Phi) is 4.52. The molecule has 1 heterocycles. The van der Waals surface area contributed by atoms with Crippen molar-refractivity contribution in [1.82, 2.24) is 9.78 Å². The molecule has 2 aromatic carbocycles. The Morgan fingerprint density at radius 1 is 1.24 bits per heavy atom. The third-order valence-corrected chi connectivity index (χ3v) is 3.86. The molecule has 0 atom stereocenters. The number of para-hydroxylation sites is 2. The van der Waals surface area contributed by atoms with Crippen molar-refractivity contribution in [3.63, 3.8) is 0 Å². The molecule has 25 heavy (non-hydrogen) atoms. The van der Waals surface area contributed by atoms with Crippen LogP contribution in [-0.2, 0) is 7.05 Å². The minimum absolute atomic E-state index is 0.146. The number of rotatable bonds is 4. The average molecular weight is 337 g/mol. The first kappa shape index (κ1) is 16.7. The number of fused-ring (bicyclic) bond motifs is 1. The lowest BCUT2D eigenvalue weighted by Crippen LogP contribution is -2.26. The first-order valence-corrected chi connectivity index (χ1v) is 8.02. The molecule has 0 fully saturated rings. The average Bonchev–Trinajstić information content (AvgIpc) is 2.60. The van der Waals surface area contributed by atoms with Crippen LogP contribution in [0.4, 0.5) is 5.69 Å². The van der Waals surface area contributed by atoms with Gasteiger partial charge >= 0.3 is 0 Å². The van der Waals surface area contributed by atoms with E-state index < -0.39 is 5.91 Å². The van der Waals surface area contributed by atoms with Crippen LogP contribution < -0.4 is 15.5 Å². The highest BCUT2D eigenvalue weighted by molar-refractivity contribution is 6.05. The molecule has 3 rings (SSSR count). The van der Waals surface area contributed by atoms with E-state index in [0.717, 1.165) is 5.56 Å². The van der Waals surface area contributed by atoms with Crippen molar-refractivity contribution < 1.29 is 9.53 Å². The van der Waals surface area contributed by atoms with E-state index in [1.54, 1.807) is 36.0 Å². The molecule has 128 valence electrons. The van der Waals surface area contributed by atoms with Gasteiger partial charge in [-0.3, -0.25) is 14.3 Å². The van der Waals surface area contributed by atoms with Gasteiger partial charge in [0.25, 0.3) is 5.91 Å². The van der Waals surface area contributed by atoms with E-state index >= 15 is 0 Å². The first-order valence-electron chi connectivity index (χ1n) is 8.02. The number of amides is 1. The standard InChI is InChI=1S/C19H19N3O3/c1-4-25-16-8-6-5-7-14(16)20-19(24)17-18(23)13-11-12(2)9-10-15(13)22(3)21-17/h5-11H,4H2,1-3H3,(H,20,24). The van der Waals surface area contributed by atoms with Crippen LogP contribution in [0, 0.1) is 6.92 Å². The van der Waals surface area contributed by atoms with Crippen LogP contribution in [0.2, 0.25) is 0 Å². The van der Waals surface area contributed by atoms with E-state index in [0.29, 0.717) is 28.9 Å². The maximum atomic E-state index is 12.7. The van der Waals surface area contributed by atoms with Crippen LogP contribution >= 0.6 is 0 Å². The molecule has 0 radical (unpaired) electrons. The van der Waals surface area contributed by atoms with Crippen LogP contribution in [0.5, 0.6) is 5.75 Å². The lowest BCUT2D eigenvalue weighted by molar-refractivity contribution is 0.101. The molecule has 3 aromatic rings. The molecule has 1 N–H and O–H groups in total. The quantitative estimate of drug-likeness (QED) is 0.794. The fourth-order valence-corrected chi connectivity index (χ4v) is 2.67. The van der Waals surface area contributed by atoms with Crippen molar-refractivity contribution in [3.8, 4) is 5.75 Å². The Balaban J connectivity index is 2.04. The summed E-state index contributed by atoms with van der Waals surface area (Å²) in [6.45, 7) is 4.24. The summed E-state index contributed by atoms with van der Waals surface area (Å²) >= 11 is 0. The molecule has 0 saturated heterocycles. The highest BCUT2D eigenvalue weighted by Crippen LogP contribution is 2.24.